The van der Waals surface area contributed by atoms with Crippen molar-refractivity contribution in [2.45, 2.75) is 25.3 Å². The number of alkyl halides is 2. The van der Waals surface area contributed by atoms with Gasteiger partial charge in [0.25, 0.3) is 5.92 Å². The van der Waals surface area contributed by atoms with Crippen LogP contribution in [0, 0.1) is 0 Å². The number of halogens is 2. The molecule has 0 radical (unpaired) electrons. The van der Waals surface area contributed by atoms with Crippen molar-refractivity contribution >= 4 is 0 Å². The monoisotopic (exact) mass is 247 g/mol. The summed E-state index contributed by atoms with van der Waals surface area (Å²) >= 11 is 0. The van der Waals surface area contributed by atoms with Gasteiger partial charge in [0.1, 0.15) is 0 Å². The Morgan fingerprint density at radius 3 is 2.29 bits per heavy atom. The molecule has 0 spiro atoms. The van der Waals surface area contributed by atoms with E-state index in [0.29, 0.717) is 6.42 Å². The van der Waals surface area contributed by atoms with E-state index >= 15 is 0 Å². The summed E-state index contributed by atoms with van der Waals surface area (Å²) in [7, 11) is 1.78. The summed E-state index contributed by atoms with van der Waals surface area (Å²) in [5.74, 6) is -2.55. The van der Waals surface area contributed by atoms with Crippen molar-refractivity contribution in [2.75, 3.05) is 52.9 Å². The molecule has 1 atom stereocenters. The van der Waals surface area contributed by atoms with Gasteiger partial charge in [0.2, 0.25) is 0 Å². The number of piperidine rings is 1. The summed E-state index contributed by atoms with van der Waals surface area (Å²) in [4.78, 5) is 6.06. The number of likely N-dealkylation sites (N-methyl/N-ethyl adjacent to an activating group) is 1. The van der Waals surface area contributed by atoms with Crippen LogP contribution in [0.25, 0.3) is 0 Å². The zero-order chi connectivity index (χ0) is 12.5. The van der Waals surface area contributed by atoms with Gasteiger partial charge in [-0.25, -0.2) is 8.78 Å². The molecule has 2 saturated heterocycles. The lowest BCUT2D eigenvalue weighted by Crippen LogP contribution is -2.61. The molecule has 3 nitrogen and oxygen atoms in total. The highest BCUT2D eigenvalue weighted by Gasteiger charge is 2.46. The molecule has 5 heteroatoms. The van der Waals surface area contributed by atoms with Crippen LogP contribution in [-0.4, -0.2) is 79.5 Å². The van der Waals surface area contributed by atoms with Crippen LogP contribution in [0.1, 0.15) is 13.3 Å². The molecule has 2 heterocycles. The summed E-state index contributed by atoms with van der Waals surface area (Å²) in [5.41, 5.74) is 0. The molecule has 0 aromatic carbocycles. The third-order valence-electron chi connectivity index (χ3n) is 4.05. The molecule has 0 bridgehead atoms. The molecule has 0 amide bonds. The molecule has 100 valence electrons. The van der Waals surface area contributed by atoms with E-state index in [0.717, 1.165) is 39.3 Å². The van der Waals surface area contributed by atoms with Gasteiger partial charge in [0, 0.05) is 26.2 Å². The predicted octanol–water partition coefficient (Wildman–Crippen LogP) is 0.963. The molecule has 2 aliphatic rings. The van der Waals surface area contributed by atoms with Crippen LogP contribution in [0.4, 0.5) is 8.78 Å². The van der Waals surface area contributed by atoms with Crippen LogP contribution in [0.5, 0.6) is 0 Å². The van der Waals surface area contributed by atoms with E-state index in [2.05, 4.69) is 11.8 Å². The maximum absolute atomic E-state index is 14.0. The van der Waals surface area contributed by atoms with Gasteiger partial charge in [-0.2, -0.15) is 0 Å². The highest BCUT2D eigenvalue weighted by molar-refractivity contribution is 4.93. The largest absolute Gasteiger partial charge is 0.301 e. The Balaban J connectivity index is 1.93. The first-order valence-corrected chi connectivity index (χ1v) is 6.55. The normalized spacial score (nSPS) is 32.8. The minimum Gasteiger partial charge on any atom is -0.301 e. The van der Waals surface area contributed by atoms with E-state index in [1.54, 1.807) is 11.9 Å². The van der Waals surface area contributed by atoms with Crippen LogP contribution in [0.3, 0.4) is 0 Å². The Hall–Kier alpha value is -0.260. The third-order valence-corrected chi connectivity index (χ3v) is 4.05. The Morgan fingerprint density at radius 1 is 1.12 bits per heavy atom. The van der Waals surface area contributed by atoms with E-state index in [4.69, 9.17) is 0 Å². The number of piperazine rings is 1. The van der Waals surface area contributed by atoms with E-state index in [1.165, 1.54) is 0 Å². The molecule has 2 fully saturated rings. The van der Waals surface area contributed by atoms with Crippen LogP contribution < -0.4 is 0 Å². The van der Waals surface area contributed by atoms with Gasteiger partial charge in [-0.15, -0.1) is 0 Å². The maximum Gasteiger partial charge on any atom is 0.275 e. The molecule has 2 aliphatic heterocycles. The lowest BCUT2D eigenvalue weighted by atomic mass is 9.98. The van der Waals surface area contributed by atoms with E-state index < -0.39 is 12.0 Å². The number of hydrogen-bond acceptors (Lipinski definition) is 3. The molecule has 0 saturated carbocycles. The average Bonchev–Trinajstić information content (AvgIpc) is 2.28. The Morgan fingerprint density at radius 2 is 1.76 bits per heavy atom. The number of rotatable bonds is 2. The zero-order valence-corrected chi connectivity index (χ0v) is 10.8. The Labute approximate surface area is 102 Å². The molecule has 0 aromatic heterocycles. The van der Waals surface area contributed by atoms with Crippen LogP contribution in [-0.2, 0) is 0 Å². The zero-order valence-electron chi connectivity index (χ0n) is 10.8. The molecule has 1 unspecified atom stereocenters. The summed E-state index contributed by atoms with van der Waals surface area (Å²) in [6.07, 6.45) is 0.593. The minimum absolute atomic E-state index is 0.0916. The van der Waals surface area contributed by atoms with Crippen molar-refractivity contribution in [3.8, 4) is 0 Å². The summed E-state index contributed by atoms with van der Waals surface area (Å²) in [6, 6.07) is -0.544. The second kappa shape index (κ2) is 5.16. The minimum atomic E-state index is -2.55. The van der Waals surface area contributed by atoms with Crippen LogP contribution >= 0.6 is 0 Å². The quantitative estimate of drug-likeness (QED) is 0.720. The Kier molecular flexibility index (Phi) is 4.00. The summed E-state index contributed by atoms with van der Waals surface area (Å²) < 4.78 is 28.0. The third kappa shape index (κ3) is 2.95. The highest BCUT2D eigenvalue weighted by Crippen LogP contribution is 2.31. The van der Waals surface area contributed by atoms with Crippen molar-refractivity contribution in [1.29, 1.82) is 0 Å². The average molecular weight is 247 g/mol. The highest BCUT2D eigenvalue weighted by atomic mass is 19.3. The van der Waals surface area contributed by atoms with E-state index in [9.17, 15) is 8.78 Å². The topological polar surface area (TPSA) is 9.72 Å². The first-order valence-electron chi connectivity index (χ1n) is 6.55. The van der Waals surface area contributed by atoms with Gasteiger partial charge >= 0.3 is 0 Å². The SMILES string of the molecule is CCN1CCN(C2CCN(C)CC2(F)F)CC1. The van der Waals surface area contributed by atoms with Gasteiger partial charge in [-0.1, -0.05) is 6.92 Å². The Bertz CT molecular complexity index is 252. The van der Waals surface area contributed by atoms with Gasteiger partial charge in [-0.3, -0.25) is 4.90 Å². The standard InChI is InChI=1S/C12H23F2N3/c1-3-16-6-8-17(9-7-16)11-4-5-15(2)10-12(11,13)14/h11H,3-10H2,1-2H3. The lowest BCUT2D eigenvalue weighted by molar-refractivity contribution is -0.129. The van der Waals surface area contributed by atoms with Crippen LogP contribution in [0.15, 0.2) is 0 Å². The van der Waals surface area contributed by atoms with Gasteiger partial charge in [-0.05, 0) is 26.6 Å². The maximum atomic E-state index is 14.0. The van der Waals surface area contributed by atoms with Crippen LogP contribution in [0.2, 0.25) is 0 Å². The van der Waals surface area contributed by atoms with Gasteiger partial charge in [0.15, 0.2) is 0 Å². The van der Waals surface area contributed by atoms with Crippen molar-refractivity contribution < 1.29 is 8.78 Å². The number of nitrogens with zero attached hydrogens (tertiary/aromatic N) is 3. The molecular weight excluding hydrogens is 224 g/mol. The first-order chi connectivity index (χ1) is 8.03. The summed E-state index contributed by atoms with van der Waals surface area (Å²) in [5, 5.41) is 0. The fourth-order valence-electron chi connectivity index (χ4n) is 2.94. The van der Waals surface area contributed by atoms with E-state index in [-0.39, 0.29) is 6.54 Å². The van der Waals surface area contributed by atoms with Crippen molar-refractivity contribution in [3.05, 3.63) is 0 Å². The number of hydrogen-bond donors (Lipinski definition) is 0. The summed E-state index contributed by atoms with van der Waals surface area (Å²) in [6.45, 7) is 7.28. The lowest BCUT2D eigenvalue weighted by Gasteiger charge is -2.45. The molecule has 17 heavy (non-hydrogen) atoms. The van der Waals surface area contributed by atoms with Crippen molar-refractivity contribution in [1.82, 2.24) is 14.7 Å². The predicted molar refractivity (Wildman–Crippen MR) is 64.5 cm³/mol. The fraction of sp³-hybridized carbons (Fsp3) is 1.00. The molecule has 2 rings (SSSR count). The first kappa shape index (κ1) is 13.2. The second-order valence-corrected chi connectivity index (χ2v) is 5.27. The molecule has 0 N–H and O–H groups in total. The van der Waals surface area contributed by atoms with Gasteiger partial charge < -0.3 is 9.80 Å². The van der Waals surface area contributed by atoms with E-state index in [1.807, 2.05) is 4.90 Å². The number of likely N-dealkylation sites (tertiary alicyclic amines) is 1. The molecular formula is C12H23F2N3. The smallest absolute Gasteiger partial charge is 0.275 e. The fourth-order valence-corrected chi connectivity index (χ4v) is 2.94. The van der Waals surface area contributed by atoms with Crippen molar-refractivity contribution in [3.63, 3.8) is 0 Å². The second-order valence-electron chi connectivity index (χ2n) is 5.27. The molecule has 0 aromatic rings. The molecule has 0 aliphatic carbocycles. The van der Waals surface area contributed by atoms with Gasteiger partial charge in [0.05, 0.1) is 12.6 Å². The van der Waals surface area contributed by atoms with Crippen molar-refractivity contribution in [2.24, 2.45) is 0 Å².